The van der Waals surface area contributed by atoms with Crippen molar-refractivity contribution in [2.45, 2.75) is 50.9 Å². The van der Waals surface area contributed by atoms with Crippen molar-refractivity contribution in [3.63, 3.8) is 0 Å². The first kappa shape index (κ1) is 26.2. The molecule has 35 heavy (non-hydrogen) atoms. The molecule has 11 heteroatoms. The van der Waals surface area contributed by atoms with E-state index in [4.69, 9.17) is 19.5 Å². The van der Waals surface area contributed by atoms with Gasteiger partial charge in [-0.1, -0.05) is 31.4 Å². The number of rotatable bonds is 5. The molecule has 0 spiro atoms. The van der Waals surface area contributed by atoms with Gasteiger partial charge in [0.2, 0.25) is 5.89 Å². The second kappa shape index (κ2) is 11.3. The van der Waals surface area contributed by atoms with Gasteiger partial charge in [-0.25, -0.2) is 15.3 Å². The molecule has 1 aliphatic carbocycles. The van der Waals surface area contributed by atoms with Crippen LogP contribution in [0.5, 0.6) is 0 Å². The lowest BCUT2D eigenvalue weighted by molar-refractivity contribution is -0.192. The van der Waals surface area contributed by atoms with E-state index in [0.29, 0.717) is 28.6 Å². The Morgan fingerprint density at radius 1 is 1.14 bits per heavy atom. The number of nitrogens with zero attached hydrogens (tertiary/aromatic N) is 2. The molecule has 1 aromatic heterocycles. The predicted molar refractivity (Wildman–Crippen MR) is 121 cm³/mol. The molecule has 0 radical (unpaired) electrons. The Labute approximate surface area is 199 Å². The highest BCUT2D eigenvalue weighted by atomic mass is 19.4. The van der Waals surface area contributed by atoms with Gasteiger partial charge in [-0.3, -0.25) is 14.9 Å². The highest BCUT2D eigenvalue weighted by Crippen LogP contribution is 2.27. The zero-order valence-corrected chi connectivity index (χ0v) is 19.0. The molecule has 1 amide bonds. The number of hydrogen-bond donors (Lipinski definition) is 3. The lowest BCUT2D eigenvalue weighted by Gasteiger charge is -2.31. The Bertz CT molecular complexity index is 1170. The van der Waals surface area contributed by atoms with Crippen molar-refractivity contribution < 1.29 is 37.5 Å². The second-order valence-electron chi connectivity index (χ2n) is 8.35. The standard InChI is InChI=1S/C22H25N3O3.C2HF3O2/c1-25(18-8-3-2-4-9-18)14-15-6-5-7-17(12-15)22-23-19-13-16(21(26)24-27)10-11-20(19)28-22;3-2(4,5)1(6)7/h5-7,10-13,18,27H,2-4,8-9,14H2,1H3,(H,24,26);(H,6,7). The van der Waals surface area contributed by atoms with E-state index in [2.05, 4.69) is 29.1 Å². The number of carbonyl (C=O) groups excluding carboxylic acids is 1. The quantitative estimate of drug-likeness (QED) is 0.338. The number of alkyl halides is 3. The number of nitrogens with one attached hydrogen (secondary N) is 1. The molecule has 8 nitrogen and oxygen atoms in total. The number of benzene rings is 2. The highest BCUT2D eigenvalue weighted by molar-refractivity contribution is 5.96. The summed E-state index contributed by atoms with van der Waals surface area (Å²) < 4.78 is 37.6. The van der Waals surface area contributed by atoms with Crippen LogP contribution >= 0.6 is 0 Å². The van der Waals surface area contributed by atoms with Crippen molar-refractivity contribution in [3.8, 4) is 11.5 Å². The van der Waals surface area contributed by atoms with E-state index in [0.717, 1.165) is 12.1 Å². The van der Waals surface area contributed by atoms with E-state index in [9.17, 15) is 18.0 Å². The molecule has 3 N–H and O–H groups in total. The molecule has 1 heterocycles. The van der Waals surface area contributed by atoms with Crippen LogP contribution in [-0.2, 0) is 11.3 Å². The van der Waals surface area contributed by atoms with E-state index < -0.39 is 18.1 Å². The number of carboxylic acids is 1. The molecule has 0 bridgehead atoms. The van der Waals surface area contributed by atoms with E-state index >= 15 is 0 Å². The third-order valence-electron chi connectivity index (χ3n) is 5.80. The van der Waals surface area contributed by atoms with Crippen molar-refractivity contribution in [2.75, 3.05) is 7.05 Å². The van der Waals surface area contributed by atoms with Gasteiger partial charge >= 0.3 is 12.1 Å². The normalized spacial score (nSPS) is 14.5. The number of halogens is 3. The van der Waals surface area contributed by atoms with Gasteiger partial charge in [0.1, 0.15) is 5.52 Å². The maximum atomic E-state index is 11.6. The van der Waals surface area contributed by atoms with Crippen LogP contribution in [0, 0.1) is 0 Å². The summed E-state index contributed by atoms with van der Waals surface area (Å²) in [5, 5.41) is 15.9. The summed E-state index contributed by atoms with van der Waals surface area (Å²) in [6.45, 7) is 0.902. The molecule has 188 valence electrons. The summed E-state index contributed by atoms with van der Waals surface area (Å²) >= 11 is 0. The number of oxazole rings is 1. The van der Waals surface area contributed by atoms with Gasteiger partial charge < -0.3 is 9.52 Å². The third kappa shape index (κ3) is 7.03. The highest BCUT2D eigenvalue weighted by Gasteiger charge is 2.38. The Hall–Kier alpha value is -3.44. The average Bonchev–Trinajstić information content (AvgIpc) is 3.27. The van der Waals surface area contributed by atoms with Crippen LogP contribution in [0.25, 0.3) is 22.6 Å². The molecule has 3 aromatic rings. The smallest absolute Gasteiger partial charge is 0.475 e. The third-order valence-corrected chi connectivity index (χ3v) is 5.80. The summed E-state index contributed by atoms with van der Waals surface area (Å²) in [6.07, 6.45) is 1.50. The number of amides is 1. The maximum Gasteiger partial charge on any atom is 0.490 e. The number of aliphatic carboxylic acids is 1. The summed E-state index contributed by atoms with van der Waals surface area (Å²) in [5.74, 6) is -2.80. The number of fused-ring (bicyclic) bond motifs is 1. The molecule has 1 fully saturated rings. The van der Waals surface area contributed by atoms with Gasteiger partial charge in [-0.05, 0) is 55.8 Å². The van der Waals surface area contributed by atoms with Crippen molar-refractivity contribution in [1.29, 1.82) is 0 Å². The maximum absolute atomic E-state index is 11.6. The molecule has 0 aliphatic heterocycles. The van der Waals surface area contributed by atoms with Crippen LogP contribution in [0.2, 0.25) is 0 Å². The molecular weight excluding hydrogens is 467 g/mol. The summed E-state index contributed by atoms with van der Waals surface area (Å²) in [4.78, 5) is 27.5. The summed E-state index contributed by atoms with van der Waals surface area (Å²) in [6, 6.07) is 13.8. The zero-order chi connectivity index (χ0) is 25.6. The monoisotopic (exact) mass is 493 g/mol. The van der Waals surface area contributed by atoms with Crippen LogP contribution in [-0.4, -0.2) is 51.3 Å². The Morgan fingerprint density at radius 2 is 1.83 bits per heavy atom. The minimum atomic E-state index is -5.08. The lowest BCUT2D eigenvalue weighted by atomic mass is 9.94. The van der Waals surface area contributed by atoms with Crippen LogP contribution in [0.15, 0.2) is 46.9 Å². The topological polar surface area (TPSA) is 116 Å². The first-order valence-corrected chi connectivity index (χ1v) is 11.0. The average molecular weight is 493 g/mol. The van der Waals surface area contributed by atoms with Crippen LogP contribution in [0.4, 0.5) is 13.2 Å². The first-order valence-electron chi connectivity index (χ1n) is 11.0. The molecule has 2 aromatic carbocycles. The van der Waals surface area contributed by atoms with E-state index in [1.54, 1.807) is 23.7 Å². The molecule has 0 atom stereocenters. The van der Waals surface area contributed by atoms with Crippen molar-refractivity contribution in [3.05, 3.63) is 53.6 Å². The minimum Gasteiger partial charge on any atom is -0.475 e. The van der Waals surface area contributed by atoms with Gasteiger partial charge in [-0.15, -0.1) is 0 Å². The van der Waals surface area contributed by atoms with Gasteiger partial charge in [0.15, 0.2) is 5.58 Å². The zero-order valence-electron chi connectivity index (χ0n) is 19.0. The van der Waals surface area contributed by atoms with Gasteiger partial charge in [0.25, 0.3) is 5.91 Å². The lowest BCUT2D eigenvalue weighted by Crippen LogP contribution is -2.32. The predicted octanol–water partition coefficient (Wildman–Crippen LogP) is 5.01. The van der Waals surface area contributed by atoms with Crippen molar-refractivity contribution in [2.24, 2.45) is 0 Å². The first-order chi connectivity index (χ1) is 16.6. The Kier molecular flexibility index (Phi) is 8.47. The molecule has 0 unspecified atom stereocenters. The van der Waals surface area contributed by atoms with Crippen LogP contribution < -0.4 is 5.48 Å². The number of hydroxylamine groups is 1. The van der Waals surface area contributed by atoms with Crippen LogP contribution in [0.1, 0.15) is 48.0 Å². The fourth-order valence-electron chi connectivity index (χ4n) is 4.00. The van der Waals surface area contributed by atoms with Crippen molar-refractivity contribution in [1.82, 2.24) is 15.4 Å². The fraction of sp³-hybridized carbons (Fsp3) is 0.375. The Morgan fingerprint density at radius 3 is 2.46 bits per heavy atom. The minimum absolute atomic E-state index is 0.331. The molecule has 4 rings (SSSR count). The number of carbonyl (C=O) groups is 2. The fourth-order valence-corrected chi connectivity index (χ4v) is 4.00. The van der Waals surface area contributed by atoms with E-state index in [1.165, 1.54) is 37.7 Å². The summed E-state index contributed by atoms with van der Waals surface area (Å²) in [5.41, 5.74) is 5.30. The molecular formula is C24H26F3N3O5. The van der Waals surface area contributed by atoms with E-state index in [1.807, 2.05) is 12.1 Å². The molecule has 0 saturated heterocycles. The SMILES string of the molecule is CN(Cc1cccc(-c2nc3cc(C(=O)NO)ccc3o2)c1)C1CCCCC1.O=C(O)C(F)(F)F. The molecule has 1 aliphatic rings. The van der Waals surface area contributed by atoms with Crippen molar-refractivity contribution >= 4 is 23.0 Å². The largest absolute Gasteiger partial charge is 0.490 e. The number of carboxylic acid groups (broad SMARTS) is 1. The van der Waals surface area contributed by atoms with Crippen LogP contribution in [0.3, 0.4) is 0 Å². The number of aromatic nitrogens is 1. The second-order valence-corrected chi connectivity index (χ2v) is 8.35. The summed E-state index contributed by atoms with van der Waals surface area (Å²) in [7, 11) is 2.20. The van der Waals surface area contributed by atoms with E-state index in [-0.39, 0.29) is 0 Å². The Balaban J connectivity index is 0.000000429. The number of hydrogen-bond acceptors (Lipinski definition) is 6. The van der Waals surface area contributed by atoms with Gasteiger partial charge in [0.05, 0.1) is 0 Å². The van der Waals surface area contributed by atoms with Gasteiger partial charge in [-0.2, -0.15) is 13.2 Å². The molecule has 1 saturated carbocycles. The van der Waals surface area contributed by atoms with Gasteiger partial charge in [0, 0.05) is 23.7 Å².